The molecule has 18 heavy (non-hydrogen) atoms. The third-order valence-corrected chi connectivity index (χ3v) is 5.05. The predicted octanol–water partition coefficient (Wildman–Crippen LogP) is 1.57. The Bertz CT molecular complexity index is 610. The van der Waals surface area contributed by atoms with Gasteiger partial charge in [-0.25, -0.2) is 13.4 Å². The fourth-order valence-corrected chi connectivity index (χ4v) is 3.16. The third kappa shape index (κ3) is 2.76. The van der Waals surface area contributed by atoms with Gasteiger partial charge in [0.2, 0.25) is 20.2 Å². The SMILES string of the molecule is O=C1CC(S(=O)(=O)Cl)CN1c1nc(Cl)ncc1Br. The highest BCUT2D eigenvalue weighted by molar-refractivity contribution is 9.10. The first-order valence-corrected chi connectivity index (χ1v) is 8.25. The van der Waals surface area contributed by atoms with Gasteiger partial charge < -0.3 is 0 Å². The summed E-state index contributed by atoms with van der Waals surface area (Å²) in [6.45, 7) is -0.0450. The molecule has 0 spiro atoms. The van der Waals surface area contributed by atoms with E-state index >= 15 is 0 Å². The Morgan fingerprint density at radius 3 is 2.72 bits per heavy atom. The van der Waals surface area contributed by atoms with Crippen LogP contribution in [0.25, 0.3) is 0 Å². The lowest BCUT2D eigenvalue weighted by Gasteiger charge is -2.16. The summed E-state index contributed by atoms with van der Waals surface area (Å²) in [5.41, 5.74) is 0. The maximum Gasteiger partial charge on any atom is 0.237 e. The molecule has 0 aliphatic carbocycles. The maximum atomic E-state index is 11.8. The molecule has 0 N–H and O–H groups in total. The summed E-state index contributed by atoms with van der Waals surface area (Å²) in [4.78, 5) is 20.6. The van der Waals surface area contributed by atoms with Gasteiger partial charge in [0, 0.05) is 29.8 Å². The first kappa shape index (κ1) is 14.0. The van der Waals surface area contributed by atoms with Crippen LogP contribution in [0.15, 0.2) is 10.7 Å². The minimum absolute atomic E-state index is 0.0295. The lowest BCUT2D eigenvalue weighted by atomic mass is 10.4. The van der Waals surface area contributed by atoms with Crippen molar-refractivity contribution in [3.63, 3.8) is 0 Å². The van der Waals surface area contributed by atoms with Gasteiger partial charge in [-0.3, -0.25) is 9.69 Å². The van der Waals surface area contributed by atoms with Crippen LogP contribution in [0.5, 0.6) is 0 Å². The van der Waals surface area contributed by atoms with Crippen LogP contribution in [-0.2, 0) is 13.8 Å². The molecule has 2 heterocycles. The molecule has 1 atom stereocenters. The van der Waals surface area contributed by atoms with Crippen LogP contribution in [0.1, 0.15) is 6.42 Å². The molecule has 1 aliphatic heterocycles. The molecule has 2 rings (SSSR count). The zero-order chi connectivity index (χ0) is 13.5. The molecular formula is C8H6BrCl2N3O3S. The van der Waals surface area contributed by atoms with Crippen LogP contribution in [-0.4, -0.2) is 36.1 Å². The van der Waals surface area contributed by atoms with Crippen molar-refractivity contribution in [2.45, 2.75) is 11.7 Å². The smallest absolute Gasteiger partial charge is 0.237 e. The van der Waals surface area contributed by atoms with Crippen LogP contribution < -0.4 is 4.90 Å². The van der Waals surface area contributed by atoms with Gasteiger partial charge in [-0.1, -0.05) is 0 Å². The molecule has 0 radical (unpaired) electrons. The molecule has 1 amide bonds. The van der Waals surface area contributed by atoms with Crippen molar-refractivity contribution in [1.29, 1.82) is 0 Å². The van der Waals surface area contributed by atoms with Gasteiger partial charge in [0.15, 0.2) is 5.82 Å². The summed E-state index contributed by atoms with van der Waals surface area (Å²) in [6.07, 6.45) is 1.22. The average molecular weight is 375 g/mol. The summed E-state index contributed by atoms with van der Waals surface area (Å²) in [6, 6.07) is 0. The molecule has 1 aromatic rings. The number of anilines is 1. The molecule has 1 fully saturated rings. The lowest BCUT2D eigenvalue weighted by molar-refractivity contribution is -0.117. The van der Waals surface area contributed by atoms with Crippen molar-refractivity contribution in [2.75, 3.05) is 11.4 Å². The molecule has 6 nitrogen and oxygen atoms in total. The van der Waals surface area contributed by atoms with Crippen molar-refractivity contribution >= 4 is 59.0 Å². The third-order valence-electron chi connectivity index (χ3n) is 2.44. The van der Waals surface area contributed by atoms with Gasteiger partial charge in [-0.15, -0.1) is 0 Å². The summed E-state index contributed by atoms with van der Waals surface area (Å²) in [7, 11) is 1.47. The van der Waals surface area contributed by atoms with Gasteiger partial charge in [0.25, 0.3) is 0 Å². The second kappa shape index (κ2) is 4.92. The molecule has 0 aromatic carbocycles. The number of aromatic nitrogens is 2. The monoisotopic (exact) mass is 373 g/mol. The van der Waals surface area contributed by atoms with E-state index in [1.54, 1.807) is 0 Å². The number of rotatable bonds is 2. The Kier molecular flexibility index (Phi) is 3.82. The van der Waals surface area contributed by atoms with Crippen LogP contribution in [0.3, 0.4) is 0 Å². The Labute approximate surface area is 121 Å². The minimum atomic E-state index is -3.78. The zero-order valence-electron chi connectivity index (χ0n) is 8.68. The lowest BCUT2D eigenvalue weighted by Crippen LogP contribution is -2.28. The van der Waals surface area contributed by atoms with E-state index in [1.165, 1.54) is 11.1 Å². The van der Waals surface area contributed by atoms with Crippen molar-refractivity contribution < 1.29 is 13.2 Å². The first-order chi connectivity index (χ1) is 8.29. The van der Waals surface area contributed by atoms with Crippen LogP contribution in [0.4, 0.5) is 5.82 Å². The standard InChI is InChI=1S/C8H6BrCl2N3O3S/c9-5-2-12-8(10)13-7(5)14-3-4(1-6(14)15)18(11,16)17/h2,4H,1,3H2. The average Bonchev–Trinajstić information content (AvgIpc) is 2.64. The van der Waals surface area contributed by atoms with Crippen LogP contribution in [0, 0.1) is 0 Å². The number of halogens is 3. The Morgan fingerprint density at radius 2 is 2.17 bits per heavy atom. The van der Waals surface area contributed by atoms with E-state index in [1.807, 2.05) is 0 Å². The largest absolute Gasteiger partial charge is 0.294 e. The Morgan fingerprint density at radius 1 is 1.50 bits per heavy atom. The van der Waals surface area contributed by atoms with Crippen molar-refractivity contribution in [3.8, 4) is 0 Å². The number of hydrogen-bond donors (Lipinski definition) is 0. The molecule has 1 saturated heterocycles. The molecule has 98 valence electrons. The summed E-state index contributed by atoms with van der Waals surface area (Å²) >= 11 is 8.82. The van der Waals surface area contributed by atoms with Gasteiger partial charge in [0.1, 0.15) is 5.25 Å². The second-order valence-electron chi connectivity index (χ2n) is 3.62. The van der Waals surface area contributed by atoms with E-state index in [0.29, 0.717) is 4.47 Å². The zero-order valence-corrected chi connectivity index (χ0v) is 12.6. The quantitative estimate of drug-likeness (QED) is 0.579. The number of carbonyl (C=O) groups excluding carboxylic acids is 1. The number of nitrogens with zero attached hydrogens (tertiary/aromatic N) is 3. The van der Waals surface area contributed by atoms with Crippen molar-refractivity contribution in [3.05, 3.63) is 16.0 Å². The van der Waals surface area contributed by atoms with E-state index in [9.17, 15) is 13.2 Å². The highest BCUT2D eigenvalue weighted by Crippen LogP contribution is 2.30. The van der Waals surface area contributed by atoms with E-state index < -0.39 is 14.3 Å². The number of amides is 1. The first-order valence-electron chi connectivity index (χ1n) is 4.71. The Balaban J connectivity index is 2.35. The highest BCUT2D eigenvalue weighted by atomic mass is 79.9. The van der Waals surface area contributed by atoms with Gasteiger partial charge in [-0.05, 0) is 27.5 Å². The van der Waals surface area contributed by atoms with Crippen LogP contribution >= 0.6 is 38.2 Å². The van der Waals surface area contributed by atoms with E-state index in [4.69, 9.17) is 22.3 Å². The molecule has 1 aliphatic rings. The molecule has 0 saturated carbocycles. The molecule has 1 unspecified atom stereocenters. The molecule has 0 bridgehead atoms. The van der Waals surface area contributed by atoms with Crippen molar-refractivity contribution in [2.24, 2.45) is 0 Å². The van der Waals surface area contributed by atoms with Gasteiger partial charge in [-0.2, -0.15) is 4.98 Å². The fraction of sp³-hybridized carbons (Fsp3) is 0.375. The topological polar surface area (TPSA) is 80.2 Å². The molecule has 1 aromatic heterocycles. The van der Waals surface area contributed by atoms with E-state index in [-0.39, 0.29) is 30.0 Å². The minimum Gasteiger partial charge on any atom is -0.294 e. The number of hydrogen-bond acceptors (Lipinski definition) is 5. The van der Waals surface area contributed by atoms with Gasteiger partial charge >= 0.3 is 0 Å². The summed E-state index contributed by atoms with van der Waals surface area (Å²) < 4.78 is 22.9. The fourth-order valence-electron chi connectivity index (χ4n) is 1.59. The second-order valence-corrected chi connectivity index (χ2v) is 7.72. The van der Waals surface area contributed by atoms with E-state index in [0.717, 1.165) is 0 Å². The van der Waals surface area contributed by atoms with E-state index in [2.05, 4.69) is 25.9 Å². The molecule has 10 heteroatoms. The van der Waals surface area contributed by atoms with Crippen LogP contribution in [0.2, 0.25) is 5.28 Å². The highest BCUT2D eigenvalue weighted by Gasteiger charge is 2.39. The predicted molar refractivity (Wildman–Crippen MR) is 70.3 cm³/mol. The Hall–Kier alpha value is -0.440. The summed E-state index contributed by atoms with van der Waals surface area (Å²) in [5, 5.41) is -0.967. The normalized spacial score (nSPS) is 20.5. The summed E-state index contributed by atoms with van der Waals surface area (Å²) in [5.74, 6) is -0.137. The van der Waals surface area contributed by atoms with Crippen molar-refractivity contribution in [1.82, 2.24) is 9.97 Å². The molecular weight excluding hydrogens is 369 g/mol. The number of carbonyl (C=O) groups is 1. The van der Waals surface area contributed by atoms with Gasteiger partial charge in [0.05, 0.1) is 4.47 Å². The maximum absolute atomic E-state index is 11.8.